The van der Waals surface area contributed by atoms with E-state index in [2.05, 4.69) is 25.1 Å². The molecule has 0 amide bonds. The minimum absolute atomic E-state index is 0.693. The Balaban J connectivity index is 2.37. The van der Waals surface area contributed by atoms with Crippen LogP contribution in [0.4, 0.5) is 0 Å². The highest BCUT2D eigenvalue weighted by atomic mass is 14.2. The standard InChI is InChI=1S/C17H15N/c1-13-3-7-15(8-4-13)11-17(12-18)16-9-5-14(2)6-10-16/h3-11H,1-2H3/b17-11+. The summed E-state index contributed by atoms with van der Waals surface area (Å²) in [5.74, 6) is 0. The maximum absolute atomic E-state index is 9.25. The molecule has 2 rings (SSSR count). The number of nitriles is 1. The van der Waals surface area contributed by atoms with Gasteiger partial charge in [0.2, 0.25) is 0 Å². The van der Waals surface area contributed by atoms with Crippen LogP contribution in [0.3, 0.4) is 0 Å². The second-order valence-electron chi connectivity index (χ2n) is 4.45. The Morgan fingerprint density at radius 3 is 1.89 bits per heavy atom. The molecule has 0 atom stereocenters. The van der Waals surface area contributed by atoms with Crippen molar-refractivity contribution >= 4 is 11.6 Å². The van der Waals surface area contributed by atoms with E-state index in [1.807, 2.05) is 49.4 Å². The molecular formula is C17H15N. The van der Waals surface area contributed by atoms with E-state index in [1.54, 1.807) is 0 Å². The molecule has 0 unspecified atom stereocenters. The number of allylic oxidation sites excluding steroid dienone is 1. The van der Waals surface area contributed by atoms with E-state index in [0.717, 1.165) is 11.1 Å². The van der Waals surface area contributed by atoms with Crippen molar-refractivity contribution in [3.8, 4) is 6.07 Å². The van der Waals surface area contributed by atoms with Crippen LogP contribution in [-0.2, 0) is 0 Å². The zero-order chi connectivity index (χ0) is 13.0. The number of hydrogen-bond acceptors (Lipinski definition) is 1. The van der Waals surface area contributed by atoms with Crippen LogP contribution in [-0.4, -0.2) is 0 Å². The Morgan fingerprint density at radius 2 is 1.39 bits per heavy atom. The molecule has 0 N–H and O–H groups in total. The number of nitrogens with zero attached hydrogens (tertiary/aromatic N) is 1. The number of hydrogen-bond donors (Lipinski definition) is 0. The summed E-state index contributed by atoms with van der Waals surface area (Å²) in [4.78, 5) is 0. The molecule has 0 saturated carbocycles. The van der Waals surface area contributed by atoms with E-state index in [0.29, 0.717) is 5.57 Å². The topological polar surface area (TPSA) is 23.8 Å². The van der Waals surface area contributed by atoms with Crippen LogP contribution in [0.25, 0.3) is 11.6 Å². The Kier molecular flexibility index (Phi) is 3.60. The third kappa shape index (κ3) is 2.87. The van der Waals surface area contributed by atoms with E-state index < -0.39 is 0 Å². The quantitative estimate of drug-likeness (QED) is 0.558. The Labute approximate surface area is 108 Å². The molecule has 0 saturated heterocycles. The summed E-state index contributed by atoms with van der Waals surface area (Å²) < 4.78 is 0. The van der Waals surface area contributed by atoms with Gasteiger partial charge in [-0.15, -0.1) is 0 Å². The third-order valence-corrected chi connectivity index (χ3v) is 2.87. The van der Waals surface area contributed by atoms with Gasteiger partial charge in [-0.2, -0.15) is 5.26 Å². The molecule has 0 heterocycles. The fourth-order valence-corrected chi connectivity index (χ4v) is 1.74. The van der Waals surface area contributed by atoms with Crippen molar-refractivity contribution in [2.45, 2.75) is 13.8 Å². The highest BCUT2D eigenvalue weighted by Crippen LogP contribution is 2.18. The minimum atomic E-state index is 0.693. The van der Waals surface area contributed by atoms with Gasteiger partial charge in [-0.1, -0.05) is 59.7 Å². The van der Waals surface area contributed by atoms with Crippen molar-refractivity contribution in [3.63, 3.8) is 0 Å². The lowest BCUT2D eigenvalue weighted by molar-refractivity contribution is 1.45. The first-order valence-corrected chi connectivity index (χ1v) is 5.94. The molecule has 0 fully saturated rings. The summed E-state index contributed by atoms with van der Waals surface area (Å²) in [7, 11) is 0. The van der Waals surface area contributed by atoms with Crippen molar-refractivity contribution in [3.05, 3.63) is 70.8 Å². The molecule has 0 aliphatic carbocycles. The molecule has 88 valence electrons. The first kappa shape index (κ1) is 12.1. The lowest BCUT2D eigenvalue weighted by Gasteiger charge is -2.01. The van der Waals surface area contributed by atoms with Gasteiger partial charge in [0, 0.05) is 0 Å². The summed E-state index contributed by atoms with van der Waals surface area (Å²) in [6.45, 7) is 4.10. The highest BCUT2D eigenvalue weighted by Gasteiger charge is 2.00. The average molecular weight is 233 g/mol. The van der Waals surface area contributed by atoms with Gasteiger partial charge in [0.15, 0.2) is 0 Å². The van der Waals surface area contributed by atoms with Gasteiger partial charge in [0.25, 0.3) is 0 Å². The van der Waals surface area contributed by atoms with Crippen LogP contribution in [0.1, 0.15) is 22.3 Å². The van der Waals surface area contributed by atoms with Crippen LogP contribution < -0.4 is 0 Å². The zero-order valence-corrected chi connectivity index (χ0v) is 10.6. The monoisotopic (exact) mass is 233 g/mol. The van der Waals surface area contributed by atoms with Crippen LogP contribution in [0.2, 0.25) is 0 Å². The van der Waals surface area contributed by atoms with Crippen molar-refractivity contribution in [2.24, 2.45) is 0 Å². The summed E-state index contributed by atoms with van der Waals surface area (Å²) in [5.41, 5.74) is 5.13. The maximum Gasteiger partial charge on any atom is 0.0998 e. The first-order valence-electron chi connectivity index (χ1n) is 5.94. The Morgan fingerprint density at radius 1 is 0.889 bits per heavy atom. The zero-order valence-electron chi connectivity index (χ0n) is 10.6. The third-order valence-electron chi connectivity index (χ3n) is 2.87. The normalized spacial score (nSPS) is 11.1. The molecule has 2 aromatic rings. The van der Waals surface area contributed by atoms with E-state index in [4.69, 9.17) is 0 Å². The predicted molar refractivity (Wildman–Crippen MR) is 75.8 cm³/mol. The molecule has 0 radical (unpaired) electrons. The Hall–Kier alpha value is -2.33. The van der Waals surface area contributed by atoms with Crippen molar-refractivity contribution in [1.29, 1.82) is 5.26 Å². The smallest absolute Gasteiger partial charge is 0.0998 e. The molecule has 2 aromatic carbocycles. The minimum Gasteiger partial charge on any atom is -0.192 e. The van der Waals surface area contributed by atoms with Gasteiger partial charge in [0.1, 0.15) is 0 Å². The predicted octanol–water partition coefficient (Wildman–Crippen LogP) is 4.37. The molecule has 0 spiro atoms. The average Bonchev–Trinajstić information content (AvgIpc) is 2.39. The molecule has 0 aliphatic heterocycles. The number of rotatable bonds is 2. The van der Waals surface area contributed by atoms with E-state index >= 15 is 0 Å². The van der Waals surface area contributed by atoms with Gasteiger partial charge in [0.05, 0.1) is 11.6 Å². The van der Waals surface area contributed by atoms with Crippen LogP contribution in [0, 0.1) is 25.2 Å². The van der Waals surface area contributed by atoms with Crippen LogP contribution in [0.5, 0.6) is 0 Å². The molecule has 0 aromatic heterocycles. The summed E-state index contributed by atoms with van der Waals surface area (Å²) >= 11 is 0. The highest BCUT2D eigenvalue weighted by molar-refractivity contribution is 5.89. The second-order valence-corrected chi connectivity index (χ2v) is 4.45. The van der Waals surface area contributed by atoms with E-state index in [9.17, 15) is 5.26 Å². The van der Waals surface area contributed by atoms with Crippen LogP contribution >= 0.6 is 0 Å². The lowest BCUT2D eigenvalue weighted by Crippen LogP contribution is -1.83. The first-order chi connectivity index (χ1) is 8.69. The van der Waals surface area contributed by atoms with Gasteiger partial charge in [-0.3, -0.25) is 0 Å². The number of benzene rings is 2. The summed E-state index contributed by atoms with van der Waals surface area (Å²) in [6.07, 6.45) is 1.92. The SMILES string of the molecule is Cc1ccc(/C=C(\C#N)c2ccc(C)cc2)cc1. The van der Waals surface area contributed by atoms with Crippen molar-refractivity contribution < 1.29 is 0 Å². The van der Waals surface area contributed by atoms with Crippen molar-refractivity contribution in [2.75, 3.05) is 0 Å². The number of aryl methyl sites for hydroxylation is 2. The summed E-state index contributed by atoms with van der Waals surface area (Å²) in [6, 6.07) is 18.4. The second kappa shape index (κ2) is 5.33. The van der Waals surface area contributed by atoms with E-state index in [1.165, 1.54) is 11.1 Å². The Bertz CT molecular complexity index is 596. The molecule has 1 heteroatoms. The van der Waals surface area contributed by atoms with E-state index in [-0.39, 0.29) is 0 Å². The molecular weight excluding hydrogens is 218 g/mol. The van der Waals surface area contributed by atoms with Gasteiger partial charge in [-0.25, -0.2) is 0 Å². The maximum atomic E-state index is 9.25. The van der Waals surface area contributed by atoms with Crippen molar-refractivity contribution in [1.82, 2.24) is 0 Å². The van der Waals surface area contributed by atoms with Crippen LogP contribution in [0.15, 0.2) is 48.5 Å². The summed E-state index contributed by atoms with van der Waals surface area (Å²) in [5, 5.41) is 9.25. The fourth-order valence-electron chi connectivity index (χ4n) is 1.74. The molecule has 0 bridgehead atoms. The molecule has 18 heavy (non-hydrogen) atoms. The van der Waals surface area contributed by atoms with Gasteiger partial charge >= 0.3 is 0 Å². The lowest BCUT2D eigenvalue weighted by atomic mass is 10.0. The van der Waals surface area contributed by atoms with Gasteiger partial charge in [-0.05, 0) is 31.1 Å². The fraction of sp³-hybridized carbons (Fsp3) is 0.118. The van der Waals surface area contributed by atoms with Gasteiger partial charge < -0.3 is 0 Å². The molecule has 0 aliphatic rings. The molecule has 1 nitrogen and oxygen atoms in total. The largest absolute Gasteiger partial charge is 0.192 e.